The molecule has 3 N–H and O–H groups in total. The number of furan rings is 1. The van der Waals surface area contributed by atoms with Crippen molar-refractivity contribution in [2.75, 3.05) is 6.61 Å². The minimum atomic E-state index is -1.32. The third kappa shape index (κ3) is 5.61. The monoisotopic (exact) mass is 464 g/mol. The molecule has 0 saturated heterocycles. The van der Waals surface area contributed by atoms with Gasteiger partial charge in [0.15, 0.2) is 5.76 Å². The lowest BCUT2D eigenvalue weighted by Crippen LogP contribution is -2.41. The molecule has 0 aliphatic rings. The molecule has 0 saturated carbocycles. The van der Waals surface area contributed by atoms with Crippen molar-refractivity contribution in [2.45, 2.75) is 18.8 Å². The quantitative estimate of drug-likeness (QED) is 0.326. The number of amides is 1. The third-order valence-corrected chi connectivity index (χ3v) is 4.78. The van der Waals surface area contributed by atoms with Gasteiger partial charge in [-0.3, -0.25) is 14.9 Å². The van der Waals surface area contributed by atoms with Gasteiger partial charge in [-0.05, 0) is 48.0 Å². The zero-order chi connectivity index (χ0) is 23.3. The molecule has 0 spiro atoms. The summed E-state index contributed by atoms with van der Waals surface area (Å²) in [5.74, 6) is -0.776. The van der Waals surface area contributed by atoms with Gasteiger partial charge in [-0.1, -0.05) is 11.6 Å². The van der Waals surface area contributed by atoms with Gasteiger partial charge in [0.1, 0.15) is 30.0 Å². The molecule has 9 nitrogen and oxygen atoms in total. The number of ether oxygens (including phenoxy) is 1. The van der Waals surface area contributed by atoms with Crippen LogP contribution < -0.4 is 10.1 Å². The smallest absolute Gasteiger partial charge is 0.287 e. The molecule has 168 valence electrons. The second kappa shape index (κ2) is 10.2. The summed E-state index contributed by atoms with van der Waals surface area (Å²) in [7, 11) is 0. The summed E-state index contributed by atoms with van der Waals surface area (Å²) in [4.78, 5) is 22.6. The lowest BCUT2D eigenvalue weighted by atomic mass is 10.0. The summed E-state index contributed by atoms with van der Waals surface area (Å²) in [6.07, 6.45) is -1.32. The first-order valence-corrected chi connectivity index (χ1v) is 9.67. The number of hydrogen-bond donors (Lipinski definition) is 3. The average molecular weight is 465 g/mol. The minimum Gasteiger partial charge on any atom is -0.484 e. The molecule has 0 aliphatic carbocycles. The van der Waals surface area contributed by atoms with Crippen LogP contribution in [-0.4, -0.2) is 33.7 Å². The number of non-ortho nitro benzene ring substituents is 1. The van der Waals surface area contributed by atoms with Gasteiger partial charge in [0.2, 0.25) is 0 Å². The number of nitrogens with zero attached hydrogens (tertiary/aromatic N) is 1. The van der Waals surface area contributed by atoms with E-state index in [1.807, 2.05) is 0 Å². The van der Waals surface area contributed by atoms with E-state index in [9.17, 15) is 29.5 Å². The Morgan fingerprint density at radius 2 is 1.94 bits per heavy atom. The number of hydrogen-bond acceptors (Lipinski definition) is 7. The Morgan fingerprint density at radius 1 is 1.22 bits per heavy atom. The molecule has 1 aromatic heterocycles. The van der Waals surface area contributed by atoms with E-state index in [0.717, 1.165) is 6.07 Å². The van der Waals surface area contributed by atoms with Crippen LogP contribution in [0.5, 0.6) is 5.75 Å². The molecule has 0 radical (unpaired) electrons. The second-order valence-electron chi connectivity index (χ2n) is 6.69. The third-order valence-electron chi connectivity index (χ3n) is 4.49. The van der Waals surface area contributed by atoms with Crippen LogP contribution in [0.3, 0.4) is 0 Å². The van der Waals surface area contributed by atoms with Crippen LogP contribution in [-0.2, 0) is 6.61 Å². The highest BCUT2D eigenvalue weighted by Crippen LogP contribution is 2.26. The number of nitro groups is 1. The predicted molar refractivity (Wildman–Crippen MR) is 111 cm³/mol. The van der Waals surface area contributed by atoms with Crippen molar-refractivity contribution in [3.8, 4) is 5.75 Å². The summed E-state index contributed by atoms with van der Waals surface area (Å²) < 4.78 is 23.9. The number of carbonyl (C=O) groups is 1. The second-order valence-corrected chi connectivity index (χ2v) is 7.09. The number of carbonyl (C=O) groups excluding carboxylic acids is 1. The fourth-order valence-electron chi connectivity index (χ4n) is 2.81. The summed E-state index contributed by atoms with van der Waals surface area (Å²) in [6, 6.07) is 10.5. The van der Waals surface area contributed by atoms with E-state index in [1.165, 1.54) is 48.5 Å². The number of halogens is 2. The van der Waals surface area contributed by atoms with Gasteiger partial charge in [0.05, 0.1) is 22.6 Å². The van der Waals surface area contributed by atoms with Crippen LogP contribution in [0.2, 0.25) is 5.02 Å². The molecule has 1 amide bonds. The topological polar surface area (TPSA) is 135 Å². The Kier molecular flexibility index (Phi) is 7.41. The number of aliphatic hydroxyl groups excluding tert-OH is 2. The van der Waals surface area contributed by atoms with Crippen molar-refractivity contribution in [2.24, 2.45) is 0 Å². The first-order chi connectivity index (χ1) is 15.3. The van der Waals surface area contributed by atoms with Gasteiger partial charge < -0.3 is 24.7 Å². The molecular formula is C21H18ClFN2O7. The molecular weight excluding hydrogens is 447 g/mol. The standard InChI is InChI=1S/C21H18ClFN2O7/c22-16-9-13(23)3-7-18(16)31-11-15-6-8-19(32-15)21(28)24-17(10-26)20(27)12-1-4-14(5-2-12)25(29)30/h1-9,17,20,26-27H,10-11H2,(H,24,28). The normalized spacial score (nSPS) is 12.8. The van der Waals surface area contributed by atoms with Gasteiger partial charge in [0.25, 0.3) is 11.6 Å². The van der Waals surface area contributed by atoms with Crippen LogP contribution >= 0.6 is 11.6 Å². The Morgan fingerprint density at radius 3 is 2.56 bits per heavy atom. The lowest BCUT2D eigenvalue weighted by molar-refractivity contribution is -0.384. The van der Waals surface area contributed by atoms with Gasteiger partial charge in [0, 0.05) is 12.1 Å². The Bertz CT molecular complexity index is 1100. The molecule has 0 fully saturated rings. The fourth-order valence-corrected chi connectivity index (χ4v) is 3.03. The van der Waals surface area contributed by atoms with Crippen LogP contribution in [0.25, 0.3) is 0 Å². The molecule has 32 heavy (non-hydrogen) atoms. The van der Waals surface area contributed by atoms with Gasteiger partial charge in [-0.2, -0.15) is 0 Å². The van der Waals surface area contributed by atoms with Crippen molar-refractivity contribution in [1.82, 2.24) is 5.32 Å². The average Bonchev–Trinajstić information content (AvgIpc) is 3.25. The number of benzene rings is 2. The van der Waals surface area contributed by atoms with Crippen molar-refractivity contribution in [3.05, 3.63) is 92.6 Å². The van der Waals surface area contributed by atoms with Gasteiger partial charge >= 0.3 is 0 Å². The predicted octanol–water partition coefficient (Wildman–Crippen LogP) is 3.38. The summed E-state index contributed by atoms with van der Waals surface area (Å²) in [6.45, 7) is -0.670. The number of nitrogens with one attached hydrogen (secondary N) is 1. The van der Waals surface area contributed by atoms with Crippen LogP contribution in [0.4, 0.5) is 10.1 Å². The van der Waals surface area contributed by atoms with Gasteiger partial charge in [-0.25, -0.2) is 4.39 Å². The number of nitro benzene ring substituents is 1. The minimum absolute atomic E-state index is 0.0759. The molecule has 2 aromatic carbocycles. The molecule has 2 atom stereocenters. The number of rotatable bonds is 9. The zero-order valence-corrected chi connectivity index (χ0v) is 17.2. The molecule has 0 aliphatic heterocycles. The van der Waals surface area contributed by atoms with E-state index >= 15 is 0 Å². The maximum Gasteiger partial charge on any atom is 0.287 e. The van der Waals surface area contributed by atoms with Crippen LogP contribution in [0.15, 0.2) is 59.0 Å². The van der Waals surface area contributed by atoms with Crippen molar-refractivity contribution < 1.29 is 33.5 Å². The van der Waals surface area contributed by atoms with Crippen LogP contribution in [0, 0.1) is 15.9 Å². The van der Waals surface area contributed by atoms with Crippen LogP contribution in [0.1, 0.15) is 28.0 Å². The SMILES string of the molecule is O=C(NC(CO)C(O)c1ccc([N+](=O)[O-])cc1)c1ccc(COc2ccc(F)cc2Cl)o1. The van der Waals surface area contributed by atoms with E-state index < -0.39 is 35.4 Å². The zero-order valence-electron chi connectivity index (χ0n) is 16.4. The number of aliphatic hydroxyl groups is 2. The lowest BCUT2D eigenvalue weighted by Gasteiger charge is -2.22. The highest BCUT2D eigenvalue weighted by Gasteiger charge is 2.24. The van der Waals surface area contributed by atoms with E-state index in [1.54, 1.807) is 0 Å². The Balaban J connectivity index is 1.61. The van der Waals surface area contributed by atoms with E-state index in [-0.39, 0.29) is 40.2 Å². The molecule has 11 heteroatoms. The first-order valence-electron chi connectivity index (χ1n) is 9.29. The molecule has 3 rings (SSSR count). The Labute approximate surface area is 186 Å². The van der Waals surface area contributed by atoms with Crippen molar-refractivity contribution >= 4 is 23.2 Å². The van der Waals surface area contributed by atoms with Gasteiger partial charge in [-0.15, -0.1) is 0 Å². The summed E-state index contributed by atoms with van der Waals surface area (Å²) in [5, 5.41) is 33.3. The summed E-state index contributed by atoms with van der Waals surface area (Å²) >= 11 is 5.89. The maximum absolute atomic E-state index is 13.1. The van der Waals surface area contributed by atoms with Crippen molar-refractivity contribution in [3.63, 3.8) is 0 Å². The highest BCUT2D eigenvalue weighted by atomic mass is 35.5. The molecule has 2 unspecified atom stereocenters. The van der Waals surface area contributed by atoms with E-state index in [4.69, 9.17) is 20.8 Å². The molecule has 3 aromatic rings. The van der Waals surface area contributed by atoms with E-state index in [2.05, 4.69) is 5.32 Å². The fraction of sp³-hybridized carbons (Fsp3) is 0.190. The largest absolute Gasteiger partial charge is 0.484 e. The van der Waals surface area contributed by atoms with Crippen molar-refractivity contribution in [1.29, 1.82) is 0 Å². The maximum atomic E-state index is 13.1. The Hall–Kier alpha value is -3.47. The summed E-state index contributed by atoms with van der Waals surface area (Å²) in [5.41, 5.74) is 0.123. The molecule has 0 bridgehead atoms. The first kappa shape index (κ1) is 23.2. The van der Waals surface area contributed by atoms with E-state index in [0.29, 0.717) is 0 Å². The highest BCUT2D eigenvalue weighted by molar-refractivity contribution is 6.32. The molecule has 1 heterocycles.